The zero-order chi connectivity index (χ0) is 22.3. The van der Waals surface area contributed by atoms with Gasteiger partial charge in [-0.2, -0.15) is 4.31 Å². The Morgan fingerprint density at radius 1 is 0.871 bits per heavy atom. The van der Waals surface area contributed by atoms with Gasteiger partial charge in [0.2, 0.25) is 10.0 Å². The van der Waals surface area contributed by atoms with Crippen molar-refractivity contribution in [3.63, 3.8) is 0 Å². The zero-order valence-electron chi connectivity index (χ0n) is 17.6. The van der Waals surface area contributed by atoms with Crippen LogP contribution in [-0.4, -0.2) is 38.3 Å². The summed E-state index contributed by atoms with van der Waals surface area (Å²) in [5.74, 6) is 0.284. The second-order valence-electron chi connectivity index (χ2n) is 6.81. The lowest BCUT2D eigenvalue weighted by atomic mass is 10.1. The van der Waals surface area contributed by atoms with E-state index in [1.807, 2.05) is 54.6 Å². The van der Waals surface area contributed by atoms with Gasteiger partial charge in [0.05, 0.1) is 4.90 Å². The molecule has 3 rings (SSSR count). The molecule has 1 N–H and O–H groups in total. The van der Waals surface area contributed by atoms with Crippen molar-refractivity contribution in [1.82, 2.24) is 4.31 Å². The molecule has 0 aliphatic heterocycles. The summed E-state index contributed by atoms with van der Waals surface area (Å²) >= 11 is 0. The minimum absolute atomic E-state index is 0.163. The second-order valence-corrected chi connectivity index (χ2v) is 8.75. The molecule has 0 heterocycles. The van der Waals surface area contributed by atoms with Crippen LogP contribution in [0.4, 0.5) is 5.69 Å². The Hall–Kier alpha value is -3.16. The molecule has 0 bridgehead atoms. The lowest BCUT2D eigenvalue weighted by Crippen LogP contribution is -2.30. The summed E-state index contributed by atoms with van der Waals surface area (Å²) in [5.41, 5.74) is 2.41. The number of nitrogens with one attached hydrogen (secondary N) is 1. The Kier molecular flexibility index (Phi) is 7.44. The molecule has 3 aromatic carbocycles. The molecule has 0 aromatic heterocycles. The summed E-state index contributed by atoms with van der Waals surface area (Å²) in [6.07, 6.45) is 0. The Morgan fingerprint density at radius 3 is 2.13 bits per heavy atom. The summed E-state index contributed by atoms with van der Waals surface area (Å²) in [7, 11) is -3.53. The van der Waals surface area contributed by atoms with Crippen LogP contribution in [0.15, 0.2) is 83.8 Å². The maximum absolute atomic E-state index is 12.6. The predicted octanol–water partition coefficient (Wildman–Crippen LogP) is 4.40. The Balaban J connectivity index is 1.64. The fraction of sp³-hybridized carbons (Fsp3) is 0.208. The van der Waals surface area contributed by atoms with Crippen LogP contribution < -0.4 is 10.1 Å². The first kappa shape index (κ1) is 22.5. The molecule has 1 amide bonds. The summed E-state index contributed by atoms with van der Waals surface area (Å²) in [4.78, 5) is 12.6. The third kappa shape index (κ3) is 5.51. The number of sulfonamides is 1. The van der Waals surface area contributed by atoms with Gasteiger partial charge in [-0.3, -0.25) is 4.79 Å². The molecule has 31 heavy (non-hydrogen) atoms. The number of amides is 1. The van der Waals surface area contributed by atoms with Gasteiger partial charge < -0.3 is 10.1 Å². The first-order chi connectivity index (χ1) is 15.0. The molecule has 3 aromatic rings. The Morgan fingerprint density at radius 2 is 1.48 bits per heavy atom. The Bertz CT molecular complexity index is 1110. The number of benzene rings is 3. The van der Waals surface area contributed by atoms with Crippen molar-refractivity contribution in [2.24, 2.45) is 0 Å². The van der Waals surface area contributed by atoms with Crippen molar-refractivity contribution >= 4 is 21.6 Å². The number of carbonyl (C=O) groups is 1. The molecule has 0 unspecified atom stereocenters. The number of nitrogens with zero attached hydrogens (tertiary/aromatic N) is 1. The molecule has 0 radical (unpaired) electrons. The average Bonchev–Trinajstić information content (AvgIpc) is 2.79. The van der Waals surface area contributed by atoms with E-state index in [0.717, 1.165) is 11.1 Å². The van der Waals surface area contributed by atoms with Crippen LogP contribution in [0.1, 0.15) is 13.8 Å². The summed E-state index contributed by atoms with van der Waals surface area (Å²) in [6.45, 7) is 4.23. The van der Waals surface area contributed by atoms with E-state index < -0.39 is 10.0 Å². The predicted molar refractivity (Wildman–Crippen MR) is 123 cm³/mol. The quantitative estimate of drug-likeness (QED) is 0.537. The van der Waals surface area contributed by atoms with Crippen molar-refractivity contribution in [3.8, 4) is 16.9 Å². The fourth-order valence-electron chi connectivity index (χ4n) is 3.21. The van der Waals surface area contributed by atoms with Crippen molar-refractivity contribution in [2.45, 2.75) is 18.7 Å². The third-order valence-corrected chi connectivity index (χ3v) is 6.88. The maximum atomic E-state index is 12.6. The van der Waals surface area contributed by atoms with Gasteiger partial charge in [0.25, 0.3) is 5.91 Å². The van der Waals surface area contributed by atoms with Crippen LogP contribution in [-0.2, 0) is 14.8 Å². The topological polar surface area (TPSA) is 75.7 Å². The summed E-state index contributed by atoms with van der Waals surface area (Å²) < 4.78 is 32.2. The summed E-state index contributed by atoms with van der Waals surface area (Å²) in [5, 5.41) is 2.73. The first-order valence-corrected chi connectivity index (χ1v) is 11.6. The van der Waals surface area contributed by atoms with Gasteiger partial charge in [-0.1, -0.05) is 62.4 Å². The van der Waals surface area contributed by atoms with Crippen LogP contribution in [0, 0.1) is 0 Å². The van der Waals surface area contributed by atoms with Crippen molar-refractivity contribution < 1.29 is 17.9 Å². The van der Waals surface area contributed by atoms with Crippen molar-refractivity contribution in [1.29, 1.82) is 0 Å². The van der Waals surface area contributed by atoms with E-state index in [2.05, 4.69) is 5.32 Å². The largest absolute Gasteiger partial charge is 0.483 e. The van der Waals surface area contributed by atoms with Crippen molar-refractivity contribution in [2.75, 3.05) is 25.0 Å². The minimum atomic E-state index is -3.53. The van der Waals surface area contributed by atoms with Crippen LogP contribution in [0.3, 0.4) is 0 Å². The SMILES string of the molecule is CCN(CC)S(=O)(=O)c1ccc(NC(=O)COc2ccccc2-c2ccccc2)cc1. The van der Waals surface area contributed by atoms with E-state index in [1.165, 1.54) is 16.4 Å². The molecule has 0 saturated heterocycles. The second kappa shape index (κ2) is 10.2. The Labute approximate surface area is 183 Å². The number of hydrogen-bond acceptors (Lipinski definition) is 4. The lowest BCUT2D eigenvalue weighted by molar-refractivity contribution is -0.118. The molecule has 7 heteroatoms. The van der Waals surface area contributed by atoms with Crippen LogP contribution in [0.25, 0.3) is 11.1 Å². The van der Waals surface area contributed by atoms with Crippen molar-refractivity contribution in [3.05, 3.63) is 78.9 Å². The van der Waals surface area contributed by atoms with Gasteiger partial charge in [0, 0.05) is 24.3 Å². The number of ether oxygens (including phenoxy) is 1. The molecular weight excluding hydrogens is 412 g/mol. The van der Waals surface area contributed by atoms with Gasteiger partial charge in [0.15, 0.2) is 6.61 Å². The molecule has 0 aliphatic rings. The van der Waals surface area contributed by atoms with Crippen LogP contribution in [0.5, 0.6) is 5.75 Å². The highest BCUT2D eigenvalue weighted by molar-refractivity contribution is 7.89. The molecule has 0 fully saturated rings. The average molecular weight is 439 g/mol. The number of hydrogen-bond donors (Lipinski definition) is 1. The molecule has 0 atom stereocenters. The lowest BCUT2D eigenvalue weighted by Gasteiger charge is -2.18. The molecule has 0 spiro atoms. The standard InChI is InChI=1S/C24H26N2O4S/c1-3-26(4-2)31(28,29)21-16-14-20(15-17-21)25-24(27)18-30-23-13-9-8-12-22(23)19-10-6-5-7-11-19/h5-17H,3-4,18H2,1-2H3,(H,25,27). The van der Waals surface area contributed by atoms with Gasteiger partial charge in [0.1, 0.15) is 5.75 Å². The molecule has 0 saturated carbocycles. The first-order valence-electron chi connectivity index (χ1n) is 10.1. The molecule has 6 nitrogen and oxygen atoms in total. The van der Waals surface area contributed by atoms with E-state index in [4.69, 9.17) is 4.74 Å². The molecule has 162 valence electrons. The maximum Gasteiger partial charge on any atom is 0.262 e. The van der Waals surface area contributed by atoms with E-state index in [9.17, 15) is 13.2 Å². The van der Waals surface area contributed by atoms with Crippen LogP contribution in [0.2, 0.25) is 0 Å². The van der Waals surface area contributed by atoms with Gasteiger partial charge in [-0.25, -0.2) is 8.42 Å². The number of para-hydroxylation sites is 1. The molecular formula is C24H26N2O4S. The highest BCUT2D eigenvalue weighted by Crippen LogP contribution is 2.29. The summed E-state index contributed by atoms with van der Waals surface area (Å²) in [6, 6.07) is 23.5. The van der Waals surface area contributed by atoms with E-state index in [0.29, 0.717) is 24.5 Å². The minimum Gasteiger partial charge on any atom is -0.483 e. The monoisotopic (exact) mass is 438 g/mol. The number of rotatable bonds is 9. The van der Waals surface area contributed by atoms with Gasteiger partial charge in [-0.15, -0.1) is 0 Å². The normalized spacial score (nSPS) is 11.3. The third-order valence-electron chi connectivity index (χ3n) is 4.81. The zero-order valence-corrected chi connectivity index (χ0v) is 18.4. The number of anilines is 1. The fourth-order valence-corrected chi connectivity index (χ4v) is 4.67. The highest BCUT2D eigenvalue weighted by Gasteiger charge is 2.21. The van der Waals surface area contributed by atoms with Gasteiger partial charge in [-0.05, 0) is 35.9 Å². The highest BCUT2D eigenvalue weighted by atomic mass is 32.2. The smallest absolute Gasteiger partial charge is 0.262 e. The van der Waals surface area contributed by atoms with E-state index in [1.54, 1.807) is 26.0 Å². The number of carbonyl (C=O) groups excluding carboxylic acids is 1. The van der Waals surface area contributed by atoms with E-state index in [-0.39, 0.29) is 17.4 Å². The van der Waals surface area contributed by atoms with Gasteiger partial charge >= 0.3 is 0 Å². The molecule has 0 aliphatic carbocycles. The van der Waals surface area contributed by atoms with Crippen LogP contribution >= 0.6 is 0 Å². The van der Waals surface area contributed by atoms with E-state index >= 15 is 0 Å².